The lowest BCUT2D eigenvalue weighted by atomic mass is 10.2. The second kappa shape index (κ2) is 9.28. The quantitative estimate of drug-likeness (QED) is 0.711. The maximum absolute atomic E-state index is 12.3. The zero-order valence-corrected chi connectivity index (χ0v) is 16.4. The van der Waals surface area contributed by atoms with E-state index in [1.807, 2.05) is 0 Å². The van der Waals surface area contributed by atoms with E-state index < -0.39 is 12.1 Å². The Morgan fingerprint density at radius 1 is 1.04 bits per heavy atom. The number of amides is 1. The second-order valence-corrected chi connectivity index (χ2v) is 6.48. The summed E-state index contributed by atoms with van der Waals surface area (Å²) >= 11 is 6.05. The molecule has 27 heavy (non-hydrogen) atoms. The Morgan fingerprint density at radius 3 is 2.26 bits per heavy atom. The molecule has 0 aliphatic heterocycles. The number of hydrogen-bond donors (Lipinski definition) is 1. The van der Waals surface area contributed by atoms with Crippen LogP contribution >= 0.6 is 11.6 Å². The number of halogens is 1. The normalized spacial score (nSPS) is 11.6. The van der Waals surface area contributed by atoms with Crippen molar-refractivity contribution in [1.29, 1.82) is 0 Å². The Labute approximate surface area is 163 Å². The van der Waals surface area contributed by atoms with Gasteiger partial charge in [0.2, 0.25) is 0 Å². The van der Waals surface area contributed by atoms with Crippen LogP contribution in [0.3, 0.4) is 0 Å². The smallest absolute Gasteiger partial charge is 0.347 e. The highest BCUT2D eigenvalue weighted by Crippen LogP contribution is 2.27. The Kier molecular flexibility index (Phi) is 7.07. The molecule has 0 aromatic heterocycles. The first-order valence-corrected chi connectivity index (χ1v) is 8.80. The van der Waals surface area contributed by atoms with Gasteiger partial charge in [-0.05, 0) is 63.2 Å². The summed E-state index contributed by atoms with van der Waals surface area (Å²) in [6.07, 6.45) is -0.949. The van der Waals surface area contributed by atoms with Gasteiger partial charge in [-0.1, -0.05) is 11.6 Å². The zero-order chi connectivity index (χ0) is 20.0. The number of carbonyl (C=O) groups excluding carboxylic acids is 2. The van der Waals surface area contributed by atoms with Crippen molar-refractivity contribution in [1.82, 2.24) is 0 Å². The maximum atomic E-state index is 12.3. The van der Waals surface area contributed by atoms with Crippen molar-refractivity contribution in [3.63, 3.8) is 0 Å². The van der Waals surface area contributed by atoms with E-state index in [1.54, 1.807) is 63.2 Å². The van der Waals surface area contributed by atoms with E-state index in [9.17, 15) is 9.59 Å². The molecule has 0 fully saturated rings. The van der Waals surface area contributed by atoms with Crippen molar-refractivity contribution in [3.8, 4) is 11.5 Å². The summed E-state index contributed by atoms with van der Waals surface area (Å²) in [6.45, 7) is 5.15. The van der Waals surface area contributed by atoms with Crippen LogP contribution in [0.15, 0.2) is 42.5 Å². The first-order chi connectivity index (χ1) is 12.8. The highest BCUT2D eigenvalue weighted by Gasteiger charge is 2.18. The van der Waals surface area contributed by atoms with Crippen molar-refractivity contribution in [3.05, 3.63) is 53.1 Å². The molecule has 2 aromatic carbocycles. The number of methoxy groups -OCH3 is 1. The lowest BCUT2D eigenvalue weighted by Gasteiger charge is -2.16. The summed E-state index contributed by atoms with van der Waals surface area (Å²) < 4.78 is 15.7. The molecule has 0 bridgehead atoms. The molecule has 0 heterocycles. The molecule has 0 spiro atoms. The SMILES string of the molecule is COc1ccc(NC(=O)c2ccc(O[C@@H](C)C(=O)OC(C)C)cc2)cc1Cl. The van der Waals surface area contributed by atoms with Gasteiger partial charge in [0.1, 0.15) is 11.5 Å². The molecule has 0 radical (unpaired) electrons. The number of hydrogen-bond acceptors (Lipinski definition) is 5. The van der Waals surface area contributed by atoms with E-state index in [4.69, 9.17) is 25.8 Å². The third-order valence-electron chi connectivity index (χ3n) is 3.52. The lowest BCUT2D eigenvalue weighted by molar-refractivity contribution is -0.154. The molecular weight excluding hydrogens is 370 g/mol. The van der Waals surface area contributed by atoms with Crippen LogP contribution in [-0.2, 0) is 9.53 Å². The molecule has 7 heteroatoms. The summed E-state index contributed by atoms with van der Waals surface area (Å²) in [4.78, 5) is 24.1. The second-order valence-electron chi connectivity index (χ2n) is 6.07. The molecule has 1 atom stereocenters. The van der Waals surface area contributed by atoms with E-state index in [1.165, 1.54) is 7.11 Å². The predicted molar refractivity (Wildman–Crippen MR) is 104 cm³/mol. The van der Waals surface area contributed by atoms with Gasteiger partial charge in [0.25, 0.3) is 5.91 Å². The van der Waals surface area contributed by atoms with E-state index in [-0.39, 0.29) is 12.0 Å². The van der Waals surface area contributed by atoms with E-state index >= 15 is 0 Å². The Hall–Kier alpha value is -2.73. The van der Waals surface area contributed by atoms with Gasteiger partial charge in [-0.3, -0.25) is 4.79 Å². The Balaban J connectivity index is 1.99. The van der Waals surface area contributed by atoms with E-state index in [0.29, 0.717) is 27.8 Å². The minimum absolute atomic E-state index is 0.207. The van der Waals surface area contributed by atoms with Gasteiger partial charge in [-0.2, -0.15) is 0 Å². The molecule has 1 N–H and O–H groups in total. The molecular formula is C20H22ClNO5. The first-order valence-electron chi connectivity index (χ1n) is 8.42. The zero-order valence-electron chi connectivity index (χ0n) is 15.6. The molecule has 0 aliphatic carbocycles. The first kappa shape index (κ1) is 20.6. The summed E-state index contributed by atoms with van der Waals surface area (Å²) in [5.41, 5.74) is 0.989. The highest BCUT2D eigenvalue weighted by molar-refractivity contribution is 6.32. The van der Waals surface area contributed by atoms with E-state index in [2.05, 4.69) is 5.32 Å². The summed E-state index contributed by atoms with van der Waals surface area (Å²) in [7, 11) is 1.52. The molecule has 1 amide bonds. The maximum Gasteiger partial charge on any atom is 0.347 e. The molecule has 6 nitrogen and oxygen atoms in total. The highest BCUT2D eigenvalue weighted by atomic mass is 35.5. The summed E-state index contributed by atoms with van der Waals surface area (Å²) in [6, 6.07) is 11.4. The number of anilines is 1. The monoisotopic (exact) mass is 391 g/mol. The molecule has 2 aromatic rings. The number of esters is 1. The Bertz CT molecular complexity index is 805. The van der Waals surface area contributed by atoms with Crippen molar-refractivity contribution >= 4 is 29.2 Å². The number of rotatable bonds is 7. The average molecular weight is 392 g/mol. The molecule has 2 rings (SSSR count). The van der Waals surface area contributed by atoms with Crippen molar-refractivity contribution < 1.29 is 23.8 Å². The summed E-state index contributed by atoms with van der Waals surface area (Å²) in [5.74, 6) is 0.256. The number of carbonyl (C=O) groups is 2. The van der Waals surface area contributed by atoms with Crippen LogP contribution in [0.25, 0.3) is 0 Å². The van der Waals surface area contributed by atoms with E-state index in [0.717, 1.165) is 0 Å². The van der Waals surface area contributed by atoms with Gasteiger partial charge in [0.05, 0.1) is 18.2 Å². The Morgan fingerprint density at radius 2 is 1.70 bits per heavy atom. The van der Waals surface area contributed by atoms with Crippen LogP contribution in [0.5, 0.6) is 11.5 Å². The van der Waals surface area contributed by atoms with Gasteiger partial charge in [0, 0.05) is 11.3 Å². The van der Waals surface area contributed by atoms with Crippen LogP contribution < -0.4 is 14.8 Å². The van der Waals surface area contributed by atoms with Gasteiger partial charge >= 0.3 is 5.97 Å². The van der Waals surface area contributed by atoms with Crippen molar-refractivity contribution in [2.45, 2.75) is 33.0 Å². The third-order valence-corrected chi connectivity index (χ3v) is 3.82. The summed E-state index contributed by atoms with van der Waals surface area (Å²) in [5, 5.41) is 3.16. The molecule has 0 unspecified atom stereocenters. The van der Waals surface area contributed by atoms with Crippen LogP contribution in [0, 0.1) is 0 Å². The predicted octanol–water partition coefficient (Wildman–Crippen LogP) is 4.32. The fourth-order valence-electron chi connectivity index (χ4n) is 2.21. The van der Waals surface area contributed by atoms with Crippen LogP contribution in [0.2, 0.25) is 5.02 Å². The van der Waals surface area contributed by atoms with Crippen molar-refractivity contribution in [2.75, 3.05) is 12.4 Å². The minimum atomic E-state index is -0.742. The molecule has 0 aliphatic rings. The number of benzene rings is 2. The van der Waals surface area contributed by atoms with Crippen LogP contribution in [-0.4, -0.2) is 31.2 Å². The van der Waals surface area contributed by atoms with Gasteiger partial charge in [-0.15, -0.1) is 0 Å². The van der Waals surface area contributed by atoms with Gasteiger partial charge in [0.15, 0.2) is 6.10 Å². The largest absolute Gasteiger partial charge is 0.495 e. The lowest BCUT2D eigenvalue weighted by Crippen LogP contribution is -2.28. The fraction of sp³-hybridized carbons (Fsp3) is 0.300. The topological polar surface area (TPSA) is 73.9 Å². The third kappa shape index (κ3) is 5.89. The van der Waals surface area contributed by atoms with Gasteiger partial charge < -0.3 is 19.5 Å². The molecule has 0 saturated carbocycles. The average Bonchev–Trinajstić information content (AvgIpc) is 2.61. The van der Waals surface area contributed by atoms with Gasteiger partial charge in [-0.25, -0.2) is 4.79 Å². The molecule has 0 saturated heterocycles. The number of ether oxygens (including phenoxy) is 3. The van der Waals surface area contributed by atoms with Crippen LogP contribution in [0.4, 0.5) is 5.69 Å². The standard InChI is InChI=1S/C20H22ClNO5/c1-12(2)26-20(24)13(3)27-16-8-5-14(6-9-16)19(23)22-15-7-10-18(25-4)17(21)11-15/h5-13H,1-4H3,(H,22,23)/t13-/m0/s1. The van der Waals surface area contributed by atoms with Crippen LogP contribution in [0.1, 0.15) is 31.1 Å². The molecule has 144 valence electrons. The number of nitrogens with one attached hydrogen (secondary N) is 1. The minimum Gasteiger partial charge on any atom is -0.495 e. The van der Waals surface area contributed by atoms with Crippen molar-refractivity contribution in [2.24, 2.45) is 0 Å². The fourth-order valence-corrected chi connectivity index (χ4v) is 2.47.